The van der Waals surface area contributed by atoms with E-state index in [0.29, 0.717) is 17.3 Å². The van der Waals surface area contributed by atoms with Crippen LogP contribution in [0.25, 0.3) is 0 Å². The Hall–Kier alpha value is -2.42. The van der Waals surface area contributed by atoms with Gasteiger partial charge in [-0.1, -0.05) is 17.8 Å². The van der Waals surface area contributed by atoms with Crippen LogP contribution in [0.2, 0.25) is 0 Å². The fraction of sp³-hybridized carbons (Fsp3) is 0.357. The minimum atomic E-state index is -0.460. The number of nitrogens with zero attached hydrogens (tertiary/aromatic N) is 4. The van der Waals surface area contributed by atoms with E-state index < -0.39 is 4.92 Å². The number of hydrogen-bond donors (Lipinski definition) is 1. The number of benzene rings is 1. The number of nitrogens with one attached hydrogen (secondary N) is 1. The van der Waals surface area contributed by atoms with Crippen LogP contribution in [0.1, 0.15) is 24.4 Å². The molecule has 0 bridgehead atoms. The summed E-state index contributed by atoms with van der Waals surface area (Å²) in [7, 11) is 0. The maximum atomic E-state index is 12.1. The molecule has 2 aromatic rings. The SMILES string of the molecule is Cc1c(NC(=O)CSc2nncn2C2CC2)cccc1[N+](=O)[O-]. The highest BCUT2D eigenvalue weighted by molar-refractivity contribution is 7.99. The largest absolute Gasteiger partial charge is 0.325 e. The number of hydrogen-bond acceptors (Lipinski definition) is 6. The average molecular weight is 333 g/mol. The smallest absolute Gasteiger partial charge is 0.274 e. The molecule has 1 saturated carbocycles. The monoisotopic (exact) mass is 333 g/mol. The molecule has 3 rings (SSSR count). The number of anilines is 1. The normalized spacial score (nSPS) is 13.8. The first-order valence-electron chi connectivity index (χ1n) is 7.12. The van der Waals surface area contributed by atoms with Gasteiger partial charge in [-0.2, -0.15) is 0 Å². The van der Waals surface area contributed by atoms with Crippen LogP contribution in [0.15, 0.2) is 29.7 Å². The van der Waals surface area contributed by atoms with Crippen LogP contribution in [0.5, 0.6) is 0 Å². The minimum Gasteiger partial charge on any atom is -0.325 e. The molecule has 0 saturated heterocycles. The number of rotatable bonds is 6. The molecule has 1 aromatic heterocycles. The van der Waals surface area contributed by atoms with Crippen molar-refractivity contribution in [3.05, 3.63) is 40.2 Å². The zero-order valence-corrected chi connectivity index (χ0v) is 13.2. The minimum absolute atomic E-state index is 0.0103. The predicted octanol–water partition coefficient (Wildman–Crippen LogP) is 2.56. The van der Waals surface area contributed by atoms with Gasteiger partial charge in [-0.3, -0.25) is 14.9 Å². The summed E-state index contributed by atoms with van der Waals surface area (Å²) in [5, 5.41) is 22.2. The van der Waals surface area contributed by atoms with Crippen LogP contribution < -0.4 is 5.32 Å². The number of carbonyl (C=O) groups is 1. The first kappa shape index (κ1) is 15.5. The van der Waals surface area contributed by atoms with E-state index >= 15 is 0 Å². The van der Waals surface area contributed by atoms with Crippen LogP contribution in [-0.4, -0.2) is 31.3 Å². The van der Waals surface area contributed by atoms with Gasteiger partial charge in [0.05, 0.1) is 21.9 Å². The molecule has 8 nitrogen and oxygen atoms in total. The van der Waals surface area contributed by atoms with Gasteiger partial charge < -0.3 is 9.88 Å². The second-order valence-corrected chi connectivity index (χ2v) is 6.24. The highest BCUT2D eigenvalue weighted by Gasteiger charge is 2.26. The Kier molecular flexibility index (Phi) is 4.28. The Bertz CT molecular complexity index is 757. The summed E-state index contributed by atoms with van der Waals surface area (Å²) in [6, 6.07) is 5.07. The molecule has 23 heavy (non-hydrogen) atoms. The van der Waals surface area contributed by atoms with Gasteiger partial charge in [0.25, 0.3) is 5.69 Å². The lowest BCUT2D eigenvalue weighted by atomic mass is 10.1. The number of nitro benzene ring substituents is 1. The summed E-state index contributed by atoms with van der Waals surface area (Å²) < 4.78 is 1.98. The van der Waals surface area contributed by atoms with Crippen molar-refractivity contribution in [3.8, 4) is 0 Å². The molecule has 1 N–H and O–H groups in total. The van der Waals surface area contributed by atoms with Crippen molar-refractivity contribution in [2.45, 2.75) is 31.0 Å². The van der Waals surface area contributed by atoms with Gasteiger partial charge in [-0.15, -0.1) is 10.2 Å². The van der Waals surface area contributed by atoms with E-state index in [2.05, 4.69) is 15.5 Å². The van der Waals surface area contributed by atoms with E-state index in [-0.39, 0.29) is 17.3 Å². The summed E-state index contributed by atoms with van der Waals surface area (Å²) in [5.41, 5.74) is 0.884. The second-order valence-electron chi connectivity index (χ2n) is 5.30. The Balaban J connectivity index is 1.62. The molecular weight excluding hydrogens is 318 g/mol. The lowest BCUT2D eigenvalue weighted by Crippen LogP contribution is -2.15. The van der Waals surface area contributed by atoms with Gasteiger partial charge in [0.2, 0.25) is 5.91 Å². The van der Waals surface area contributed by atoms with Crippen molar-refractivity contribution in [3.63, 3.8) is 0 Å². The number of thioether (sulfide) groups is 1. The zero-order valence-electron chi connectivity index (χ0n) is 12.4. The molecular formula is C14H15N5O3S. The van der Waals surface area contributed by atoms with Crippen molar-refractivity contribution >= 4 is 29.0 Å². The van der Waals surface area contributed by atoms with Crippen molar-refractivity contribution < 1.29 is 9.72 Å². The van der Waals surface area contributed by atoms with E-state index in [1.807, 2.05) is 4.57 Å². The van der Waals surface area contributed by atoms with Crippen molar-refractivity contribution in [1.29, 1.82) is 0 Å². The van der Waals surface area contributed by atoms with E-state index in [4.69, 9.17) is 0 Å². The molecule has 1 aliphatic rings. The van der Waals surface area contributed by atoms with Crippen molar-refractivity contribution in [2.24, 2.45) is 0 Å². The standard InChI is InChI=1S/C14H15N5O3S/c1-9-11(3-2-4-12(9)19(21)22)16-13(20)7-23-14-17-15-8-18(14)10-5-6-10/h2-4,8,10H,5-7H2,1H3,(H,16,20). The average Bonchev–Trinajstić information content (AvgIpc) is 3.25. The third-order valence-electron chi connectivity index (χ3n) is 3.59. The predicted molar refractivity (Wildman–Crippen MR) is 85.5 cm³/mol. The van der Waals surface area contributed by atoms with Crippen molar-refractivity contribution in [2.75, 3.05) is 11.1 Å². The summed E-state index contributed by atoms with van der Waals surface area (Å²) in [6.45, 7) is 1.62. The Morgan fingerprint density at radius 2 is 2.30 bits per heavy atom. The maximum absolute atomic E-state index is 12.1. The molecule has 0 atom stereocenters. The summed E-state index contributed by atoms with van der Waals surface area (Å²) in [5.74, 6) is -0.0583. The molecule has 0 unspecified atom stereocenters. The van der Waals surface area contributed by atoms with Gasteiger partial charge in [0.1, 0.15) is 6.33 Å². The summed E-state index contributed by atoms with van der Waals surface area (Å²) >= 11 is 1.31. The lowest BCUT2D eigenvalue weighted by molar-refractivity contribution is -0.385. The Labute approximate surface area is 136 Å². The van der Waals surface area contributed by atoms with E-state index in [1.165, 1.54) is 17.8 Å². The number of carbonyl (C=O) groups excluding carboxylic acids is 1. The quantitative estimate of drug-likeness (QED) is 0.495. The molecule has 0 radical (unpaired) electrons. The van der Waals surface area contributed by atoms with Crippen LogP contribution in [0.3, 0.4) is 0 Å². The number of nitro groups is 1. The highest BCUT2D eigenvalue weighted by Crippen LogP contribution is 2.37. The van der Waals surface area contributed by atoms with Gasteiger partial charge in [-0.05, 0) is 25.8 Å². The fourth-order valence-corrected chi connectivity index (χ4v) is 2.99. The van der Waals surface area contributed by atoms with Crippen LogP contribution in [0.4, 0.5) is 11.4 Å². The molecule has 1 aromatic carbocycles. The third kappa shape index (κ3) is 3.50. The van der Waals surface area contributed by atoms with Crippen LogP contribution >= 0.6 is 11.8 Å². The molecule has 0 aliphatic heterocycles. The maximum Gasteiger partial charge on any atom is 0.274 e. The number of aromatic nitrogens is 3. The van der Waals surface area contributed by atoms with E-state index in [9.17, 15) is 14.9 Å². The molecule has 120 valence electrons. The van der Waals surface area contributed by atoms with Crippen LogP contribution in [0, 0.1) is 17.0 Å². The molecule has 1 fully saturated rings. The highest BCUT2D eigenvalue weighted by atomic mass is 32.2. The molecule has 9 heteroatoms. The van der Waals surface area contributed by atoms with Crippen LogP contribution in [-0.2, 0) is 4.79 Å². The molecule has 1 amide bonds. The molecule has 1 aliphatic carbocycles. The Morgan fingerprint density at radius 1 is 1.52 bits per heavy atom. The Morgan fingerprint density at radius 3 is 3.00 bits per heavy atom. The first-order chi connectivity index (χ1) is 11.1. The van der Waals surface area contributed by atoms with E-state index in [0.717, 1.165) is 18.0 Å². The van der Waals surface area contributed by atoms with Gasteiger partial charge in [0.15, 0.2) is 5.16 Å². The van der Waals surface area contributed by atoms with Crippen molar-refractivity contribution in [1.82, 2.24) is 14.8 Å². The van der Waals surface area contributed by atoms with Gasteiger partial charge in [0, 0.05) is 12.1 Å². The molecule has 1 heterocycles. The third-order valence-corrected chi connectivity index (χ3v) is 4.55. The van der Waals surface area contributed by atoms with Gasteiger partial charge >= 0.3 is 0 Å². The van der Waals surface area contributed by atoms with Gasteiger partial charge in [-0.25, -0.2) is 0 Å². The topological polar surface area (TPSA) is 103 Å². The van der Waals surface area contributed by atoms with E-state index in [1.54, 1.807) is 25.4 Å². The zero-order chi connectivity index (χ0) is 16.4. The summed E-state index contributed by atoms with van der Waals surface area (Å²) in [4.78, 5) is 22.5. The lowest BCUT2D eigenvalue weighted by Gasteiger charge is -2.08. The second kappa shape index (κ2) is 6.37. The first-order valence-corrected chi connectivity index (χ1v) is 8.11. The fourth-order valence-electron chi connectivity index (χ4n) is 2.21. The molecule has 0 spiro atoms. The summed E-state index contributed by atoms with van der Waals surface area (Å²) in [6.07, 6.45) is 3.91. The number of amides is 1.